The van der Waals surface area contributed by atoms with Crippen LogP contribution in [0.15, 0.2) is 78.0 Å². The largest absolute Gasteiger partial charge is 0.497 e. The average Bonchev–Trinajstić information content (AvgIpc) is 3.19. The molecular formula is C25H24N4O3S. The Hall–Kier alpha value is -3.78. The zero-order chi connectivity index (χ0) is 23.2. The van der Waals surface area contributed by atoms with Gasteiger partial charge >= 0.3 is 0 Å². The van der Waals surface area contributed by atoms with Crippen molar-refractivity contribution in [2.45, 2.75) is 12.1 Å². The zero-order valence-electron chi connectivity index (χ0n) is 18.6. The van der Waals surface area contributed by atoms with Crippen LogP contribution >= 0.6 is 11.8 Å². The van der Waals surface area contributed by atoms with Gasteiger partial charge in [-0.3, -0.25) is 4.79 Å². The summed E-state index contributed by atoms with van der Waals surface area (Å²) in [6, 6.07) is 22.7. The highest BCUT2D eigenvalue weighted by Gasteiger charge is 2.13. The SMILES string of the molecule is COc1ccc(-c2nnc(SCC(=O)Nc3ccc(Oc4cccc(C)c4)cc3)n2C)cc1. The maximum atomic E-state index is 12.4. The van der Waals surface area contributed by atoms with Crippen LogP contribution in [0.3, 0.4) is 0 Å². The zero-order valence-corrected chi connectivity index (χ0v) is 19.4. The van der Waals surface area contributed by atoms with Gasteiger partial charge in [0, 0.05) is 18.3 Å². The van der Waals surface area contributed by atoms with Crippen LogP contribution < -0.4 is 14.8 Å². The molecule has 4 rings (SSSR count). The summed E-state index contributed by atoms with van der Waals surface area (Å²) < 4.78 is 12.9. The molecule has 0 aliphatic rings. The number of carbonyl (C=O) groups is 1. The summed E-state index contributed by atoms with van der Waals surface area (Å²) in [6.45, 7) is 2.02. The number of nitrogens with one attached hydrogen (secondary N) is 1. The van der Waals surface area contributed by atoms with E-state index >= 15 is 0 Å². The molecule has 1 heterocycles. The third-order valence-electron chi connectivity index (χ3n) is 4.88. The molecule has 168 valence electrons. The molecule has 1 amide bonds. The number of carbonyl (C=O) groups excluding carboxylic acids is 1. The van der Waals surface area contributed by atoms with Crippen LogP contribution in [0.5, 0.6) is 17.2 Å². The summed E-state index contributed by atoms with van der Waals surface area (Å²) in [4.78, 5) is 12.4. The number of ether oxygens (including phenoxy) is 2. The molecule has 1 N–H and O–H groups in total. The van der Waals surface area contributed by atoms with E-state index in [0.717, 1.165) is 28.5 Å². The van der Waals surface area contributed by atoms with Gasteiger partial charge in [0.2, 0.25) is 5.91 Å². The molecule has 0 aliphatic heterocycles. The molecule has 7 nitrogen and oxygen atoms in total. The molecule has 1 aromatic heterocycles. The quantitative estimate of drug-likeness (QED) is 0.359. The molecule has 4 aromatic rings. The smallest absolute Gasteiger partial charge is 0.234 e. The van der Waals surface area contributed by atoms with Gasteiger partial charge in [-0.15, -0.1) is 10.2 Å². The molecule has 0 bridgehead atoms. The lowest BCUT2D eigenvalue weighted by molar-refractivity contribution is -0.113. The Bertz CT molecular complexity index is 1240. The first-order chi connectivity index (χ1) is 16.0. The van der Waals surface area contributed by atoms with E-state index in [1.54, 1.807) is 7.11 Å². The Labute approximate surface area is 196 Å². The van der Waals surface area contributed by atoms with Crippen LogP contribution in [0.1, 0.15) is 5.56 Å². The molecule has 0 saturated heterocycles. The summed E-state index contributed by atoms with van der Waals surface area (Å²) in [5.74, 6) is 3.09. The summed E-state index contributed by atoms with van der Waals surface area (Å²) >= 11 is 1.33. The molecule has 33 heavy (non-hydrogen) atoms. The molecule has 0 fully saturated rings. The van der Waals surface area contributed by atoms with E-state index in [9.17, 15) is 4.79 Å². The van der Waals surface area contributed by atoms with Crippen molar-refractivity contribution < 1.29 is 14.3 Å². The van der Waals surface area contributed by atoms with Crippen molar-refractivity contribution >= 4 is 23.4 Å². The first-order valence-electron chi connectivity index (χ1n) is 10.3. The van der Waals surface area contributed by atoms with E-state index in [1.807, 2.05) is 91.3 Å². The van der Waals surface area contributed by atoms with Crippen molar-refractivity contribution in [1.82, 2.24) is 14.8 Å². The van der Waals surface area contributed by atoms with Gasteiger partial charge in [-0.1, -0.05) is 23.9 Å². The van der Waals surface area contributed by atoms with E-state index in [-0.39, 0.29) is 11.7 Å². The standard InChI is InChI=1S/C25H24N4O3S/c1-17-5-4-6-22(15-17)32-21-13-9-19(10-14-21)26-23(30)16-33-25-28-27-24(29(25)2)18-7-11-20(31-3)12-8-18/h4-15H,16H2,1-3H3,(H,26,30). The Balaban J connectivity index is 1.31. The van der Waals surface area contributed by atoms with Crippen molar-refractivity contribution in [2.75, 3.05) is 18.2 Å². The second-order valence-corrected chi connectivity index (χ2v) is 8.32. The highest BCUT2D eigenvalue weighted by atomic mass is 32.2. The van der Waals surface area contributed by atoms with Gasteiger partial charge in [0.15, 0.2) is 11.0 Å². The number of amides is 1. The number of anilines is 1. The number of rotatable bonds is 8. The molecule has 0 unspecified atom stereocenters. The molecule has 0 radical (unpaired) electrons. The van der Waals surface area contributed by atoms with Gasteiger partial charge in [-0.05, 0) is 73.2 Å². The third-order valence-corrected chi connectivity index (χ3v) is 5.90. The topological polar surface area (TPSA) is 78.3 Å². The van der Waals surface area contributed by atoms with E-state index in [2.05, 4.69) is 15.5 Å². The maximum absolute atomic E-state index is 12.4. The van der Waals surface area contributed by atoms with Crippen LogP contribution in [0.4, 0.5) is 5.69 Å². The van der Waals surface area contributed by atoms with E-state index in [4.69, 9.17) is 9.47 Å². The minimum absolute atomic E-state index is 0.124. The van der Waals surface area contributed by atoms with Crippen molar-refractivity contribution in [3.05, 3.63) is 78.4 Å². The third kappa shape index (κ3) is 5.72. The Morgan fingerprint density at radius 2 is 1.70 bits per heavy atom. The van der Waals surface area contributed by atoms with E-state index in [0.29, 0.717) is 16.6 Å². The minimum Gasteiger partial charge on any atom is -0.497 e. The number of methoxy groups -OCH3 is 1. The number of nitrogens with zero attached hydrogens (tertiary/aromatic N) is 3. The highest BCUT2D eigenvalue weighted by molar-refractivity contribution is 7.99. The maximum Gasteiger partial charge on any atom is 0.234 e. The Morgan fingerprint density at radius 3 is 2.39 bits per heavy atom. The lowest BCUT2D eigenvalue weighted by atomic mass is 10.2. The van der Waals surface area contributed by atoms with Gasteiger partial charge < -0.3 is 19.4 Å². The van der Waals surface area contributed by atoms with Crippen LogP contribution in [-0.2, 0) is 11.8 Å². The monoisotopic (exact) mass is 460 g/mol. The lowest BCUT2D eigenvalue weighted by Crippen LogP contribution is -2.14. The fraction of sp³-hybridized carbons (Fsp3) is 0.160. The van der Waals surface area contributed by atoms with Crippen molar-refractivity contribution in [3.8, 4) is 28.6 Å². The summed E-state index contributed by atoms with van der Waals surface area (Å²) in [5, 5.41) is 12.0. The number of thioether (sulfide) groups is 1. The number of hydrogen-bond acceptors (Lipinski definition) is 6. The lowest BCUT2D eigenvalue weighted by Gasteiger charge is -2.09. The Morgan fingerprint density at radius 1 is 0.970 bits per heavy atom. The van der Waals surface area contributed by atoms with E-state index < -0.39 is 0 Å². The Kier molecular flexibility index (Phi) is 6.95. The summed E-state index contributed by atoms with van der Waals surface area (Å²) in [7, 11) is 3.51. The average molecular weight is 461 g/mol. The second-order valence-electron chi connectivity index (χ2n) is 7.37. The fourth-order valence-electron chi connectivity index (χ4n) is 3.18. The van der Waals surface area contributed by atoms with Gasteiger partial charge in [0.1, 0.15) is 17.2 Å². The molecule has 0 saturated carbocycles. The predicted molar refractivity (Wildman–Crippen MR) is 130 cm³/mol. The number of benzene rings is 3. The summed E-state index contributed by atoms with van der Waals surface area (Å²) in [6.07, 6.45) is 0. The van der Waals surface area contributed by atoms with Gasteiger partial charge in [0.25, 0.3) is 0 Å². The fourth-order valence-corrected chi connectivity index (χ4v) is 3.89. The molecule has 3 aromatic carbocycles. The molecular weight excluding hydrogens is 436 g/mol. The minimum atomic E-state index is -0.124. The first-order valence-corrected chi connectivity index (χ1v) is 11.3. The summed E-state index contributed by atoms with van der Waals surface area (Å²) in [5.41, 5.74) is 2.76. The van der Waals surface area contributed by atoms with Crippen LogP contribution in [0.2, 0.25) is 0 Å². The van der Waals surface area contributed by atoms with Crippen LogP contribution in [-0.4, -0.2) is 33.5 Å². The molecule has 0 atom stereocenters. The van der Waals surface area contributed by atoms with Crippen molar-refractivity contribution in [3.63, 3.8) is 0 Å². The second kappa shape index (κ2) is 10.2. The van der Waals surface area contributed by atoms with Crippen molar-refractivity contribution in [1.29, 1.82) is 0 Å². The molecule has 0 spiro atoms. The van der Waals surface area contributed by atoms with E-state index in [1.165, 1.54) is 11.8 Å². The normalized spacial score (nSPS) is 10.6. The van der Waals surface area contributed by atoms with Crippen LogP contribution in [0, 0.1) is 6.92 Å². The number of hydrogen-bond donors (Lipinski definition) is 1. The number of aryl methyl sites for hydroxylation is 1. The van der Waals surface area contributed by atoms with Gasteiger partial charge in [-0.2, -0.15) is 0 Å². The van der Waals surface area contributed by atoms with Crippen LogP contribution in [0.25, 0.3) is 11.4 Å². The number of aromatic nitrogens is 3. The van der Waals surface area contributed by atoms with Gasteiger partial charge in [-0.25, -0.2) is 0 Å². The highest BCUT2D eigenvalue weighted by Crippen LogP contribution is 2.26. The first kappa shape index (κ1) is 22.4. The van der Waals surface area contributed by atoms with Crippen molar-refractivity contribution in [2.24, 2.45) is 7.05 Å². The van der Waals surface area contributed by atoms with Gasteiger partial charge in [0.05, 0.1) is 12.9 Å². The predicted octanol–water partition coefficient (Wildman–Crippen LogP) is 5.32. The molecule has 0 aliphatic carbocycles. The molecule has 8 heteroatoms.